The fourth-order valence-electron chi connectivity index (χ4n) is 2.00. The third kappa shape index (κ3) is 4.32. The first-order valence-electron chi connectivity index (χ1n) is 7.56. The van der Waals surface area contributed by atoms with E-state index >= 15 is 0 Å². The van der Waals surface area contributed by atoms with Crippen molar-refractivity contribution in [1.29, 1.82) is 0 Å². The van der Waals surface area contributed by atoms with Crippen molar-refractivity contribution in [3.05, 3.63) is 59.9 Å². The number of nitrogens with zero attached hydrogens (tertiary/aromatic N) is 1. The number of amides is 1. The summed E-state index contributed by atoms with van der Waals surface area (Å²) in [4.78, 5) is 16.5. The summed E-state index contributed by atoms with van der Waals surface area (Å²) in [6, 6.07) is 11.5. The number of carbonyl (C=O) groups excluding carboxylic acids is 1. The SMILES string of the molecule is CCC(C)(C)NC(=O)c1ccccc1NCc1ccncc1. The van der Waals surface area contributed by atoms with Crippen LogP contribution in [0.4, 0.5) is 5.69 Å². The van der Waals surface area contributed by atoms with Crippen molar-refractivity contribution in [3.8, 4) is 0 Å². The molecule has 0 saturated carbocycles. The molecule has 4 heteroatoms. The minimum atomic E-state index is -0.213. The minimum Gasteiger partial charge on any atom is -0.380 e. The molecule has 0 aliphatic carbocycles. The molecule has 0 atom stereocenters. The van der Waals surface area contributed by atoms with Crippen molar-refractivity contribution < 1.29 is 4.79 Å². The van der Waals surface area contributed by atoms with E-state index in [4.69, 9.17) is 0 Å². The average molecular weight is 297 g/mol. The third-order valence-electron chi connectivity index (χ3n) is 3.74. The lowest BCUT2D eigenvalue weighted by Crippen LogP contribution is -2.42. The van der Waals surface area contributed by atoms with Gasteiger partial charge in [-0.05, 0) is 50.1 Å². The van der Waals surface area contributed by atoms with Crippen LogP contribution in [-0.2, 0) is 6.54 Å². The zero-order valence-electron chi connectivity index (χ0n) is 13.4. The predicted octanol–water partition coefficient (Wildman–Crippen LogP) is 3.61. The van der Waals surface area contributed by atoms with Crippen LogP contribution in [0.1, 0.15) is 43.1 Å². The molecule has 1 aromatic carbocycles. The van der Waals surface area contributed by atoms with Crippen LogP contribution in [0.2, 0.25) is 0 Å². The lowest BCUT2D eigenvalue weighted by molar-refractivity contribution is 0.0912. The molecular formula is C18H23N3O. The van der Waals surface area contributed by atoms with Gasteiger partial charge in [0.15, 0.2) is 0 Å². The van der Waals surface area contributed by atoms with E-state index in [2.05, 4.69) is 22.5 Å². The van der Waals surface area contributed by atoms with Gasteiger partial charge in [0.1, 0.15) is 0 Å². The molecule has 0 bridgehead atoms. The second-order valence-electron chi connectivity index (χ2n) is 5.95. The molecule has 0 radical (unpaired) electrons. The first kappa shape index (κ1) is 16.0. The fraction of sp³-hybridized carbons (Fsp3) is 0.333. The second kappa shape index (κ2) is 7.07. The van der Waals surface area contributed by atoms with Gasteiger partial charge in [0.05, 0.1) is 5.56 Å². The van der Waals surface area contributed by atoms with E-state index in [0.717, 1.165) is 17.7 Å². The zero-order chi connectivity index (χ0) is 16.0. The van der Waals surface area contributed by atoms with Crippen LogP contribution in [0.25, 0.3) is 0 Å². The topological polar surface area (TPSA) is 54.0 Å². The van der Waals surface area contributed by atoms with Gasteiger partial charge in [-0.3, -0.25) is 9.78 Å². The summed E-state index contributed by atoms with van der Waals surface area (Å²) in [6.07, 6.45) is 4.41. The van der Waals surface area contributed by atoms with E-state index in [-0.39, 0.29) is 11.4 Å². The van der Waals surface area contributed by atoms with Gasteiger partial charge in [0, 0.05) is 30.2 Å². The van der Waals surface area contributed by atoms with Crippen molar-refractivity contribution in [2.75, 3.05) is 5.32 Å². The van der Waals surface area contributed by atoms with Crippen LogP contribution < -0.4 is 10.6 Å². The number of benzene rings is 1. The number of hydrogen-bond acceptors (Lipinski definition) is 3. The summed E-state index contributed by atoms with van der Waals surface area (Å²) < 4.78 is 0. The Balaban J connectivity index is 2.11. The number of anilines is 1. The number of pyridine rings is 1. The maximum absolute atomic E-state index is 12.5. The summed E-state index contributed by atoms with van der Waals surface area (Å²) in [5, 5.41) is 6.40. The first-order valence-corrected chi connectivity index (χ1v) is 7.56. The van der Waals surface area contributed by atoms with Crippen molar-refractivity contribution in [3.63, 3.8) is 0 Å². The monoisotopic (exact) mass is 297 g/mol. The number of rotatable bonds is 6. The van der Waals surface area contributed by atoms with E-state index in [1.807, 2.05) is 50.2 Å². The maximum Gasteiger partial charge on any atom is 0.253 e. The first-order chi connectivity index (χ1) is 10.5. The van der Waals surface area contributed by atoms with Crippen molar-refractivity contribution >= 4 is 11.6 Å². The Morgan fingerprint density at radius 3 is 2.50 bits per heavy atom. The van der Waals surface area contributed by atoms with Gasteiger partial charge in [0.25, 0.3) is 5.91 Å². The summed E-state index contributed by atoms with van der Waals surface area (Å²) >= 11 is 0. The van der Waals surface area contributed by atoms with Crippen molar-refractivity contribution in [2.45, 2.75) is 39.3 Å². The Morgan fingerprint density at radius 1 is 1.14 bits per heavy atom. The van der Waals surface area contributed by atoms with Crippen LogP contribution in [0, 0.1) is 0 Å². The average Bonchev–Trinajstić information content (AvgIpc) is 2.54. The number of carbonyl (C=O) groups is 1. The summed E-state index contributed by atoms with van der Waals surface area (Å²) in [6.45, 7) is 6.77. The molecule has 0 aliphatic rings. The van der Waals surface area contributed by atoms with E-state index < -0.39 is 0 Å². The lowest BCUT2D eigenvalue weighted by atomic mass is 10.0. The van der Waals surface area contributed by atoms with Gasteiger partial charge < -0.3 is 10.6 Å². The molecule has 0 unspecified atom stereocenters. The molecule has 2 rings (SSSR count). The molecule has 0 aliphatic heterocycles. The standard InChI is InChI=1S/C18H23N3O/c1-4-18(2,3)21-17(22)15-7-5-6-8-16(15)20-13-14-9-11-19-12-10-14/h5-12,20H,4,13H2,1-3H3,(H,21,22). The normalized spacial score (nSPS) is 11.0. The largest absolute Gasteiger partial charge is 0.380 e. The molecule has 4 nitrogen and oxygen atoms in total. The van der Waals surface area contributed by atoms with Crippen molar-refractivity contribution in [1.82, 2.24) is 10.3 Å². The van der Waals surface area contributed by atoms with Crippen LogP contribution in [0.15, 0.2) is 48.8 Å². The van der Waals surface area contributed by atoms with Gasteiger partial charge in [-0.15, -0.1) is 0 Å². The van der Waals surface area contributed by atoms with E-state index in [1.165, 1.54) is 0 Å². The number of nitrogens with one attached hydrogen (secondary N) is 2. The van der Waals surface area contributed by atoms with Crippen LogP contribution >= 0.6 is 0 Å². The smallest absolute Gasteiger partial charge is 0.253 e. The highest BCUT2D eigenvalue weighted by atomic mass is 16.1. The Hall–Kier alpha value is -2.36. The predicted molar refractivity (Wildman–Crippen MR) is 89.8 cm³/mol. The van der Waals surface area contributed by atoms with Gasteiger partial charge in [-0.2, -0.15) is 0 Å². The number of hydrogen-bond donors (Lipinski definition) is 2. The van der Waals surface area contributed by atoms with E-state index in [9.17, 15) is 4.79 Å². The molecule has 0 saturated heterocycles. The van der Waals surface area contributed by atoms with Crippen LogP contribution in [0.5, 0.6) is 0 Å². The molecule has 2 N–H and O–H groups in total. The Bertz CT molecular complexity index is 623. The fourth-order valence-corrected chi connectivity index (χ4v) is 2.00. The molecule has 1 aromatic heterocycles. The van der Waals surface area contributed by atoms with Gasteiger partial charge in [0.2, 0.25) is 0 Å². The molecule has 22 heavy (non-hydrogen) atoms. The highest BCUT2D eigenvalue weighted by Crippen LogP contribution is 2.18. The zero-order valence-corrected chi connectivity index (χ0v) is 13.4. The molecule has 2 aromatic rings. The Labute approximate surface area is 132 Å². The quantitative estimate of drug-likeness (QED) is 0.856. The highest BCUT2D eigenvalue weighted by Gasteiger charge is 2.20. The van der Waals surface area contributed by atoms with Crippen molar-refractivity contribution in [2.24, 2.45) is 0 Å². The number of aromatic nitrogens is 1. The van der Waals surface area contributed by atoms with Gasteiger partial charge in [-0.1, -0.05) is 19.1 Å². The minimum absolute atomic E-state index is 0.0512. The van der Waals surface area contributed by atoms with Gasteiger partial charge >= 0.3 is 0 Å². The summed E-state index contributed by atoms with van der Waals surface area (Å²) in [5.74, 6) is -0.0512. The molecular weight excluding hydrogens is 274 g/mol. The molecule has 116 valence electrons. The molecule has 1 amide bonds. The Kier molecular flexibility index (Phi) is 5.15. The summed E-state index contributed by atoms with van der Waals surface area (Å²) in [7, 11) is 0. The van der Waals surface area contributed by atoms with Crippen LogP contribution in [-0.4, -0.2) is 16.4 Å². The van der Waals surface area contributed by atoms with Crippen LogP contribution in [0.3, 0.4) is 0 Å². The molecule has 0 fully saturated rings. The molecule has 0 spiro atoms. The Morgan fingerprint density at radius 2 is 1.82 bits per heavy atom. The number of para-hydroxylation sites is 1. The van der Waals surface area contributed by atoms with Gasteiger partial charge in [-0.25, -0.2) is 0 Å². The summed E-state index contributed by atoms with van der Waals surface area (Å²) in [5.41, 5.74) is 2.41. The van der Waals surface area contributed by atoms with E-state index in [0.29, 0.717) is 12.1 Å². The highest BCUT2D eigenvalue weighted by molar-refractivity contribution is 5.99. The third-order valence-corrected chi connectivity index (χ3v) is 3.74. The molecule has 1 heterocycles. The lowest BCUT2D eigenvalue weighted by Gasteiger charge is -2.25. The second-order valence-corrected chi connectivity index (χ2v) is 5.95. The maximum atomic E-state index is 12.5. The van der Waals surface area contributed by atoms with E-state index in [1.54, 1.807) is 12.4 Å².